The number of aromatic nitrogens is 4. The fourth-order valence-electron chi connectivity index (χ4n) is 3.83. The number of anilines is 3. The number of amides is 1. The molecule has 2 fully saturated rings. The number of nitrogens with zero attached hydrogens (tertiary/aromatic N) is 4. The third kappa shape index (κ3) is 3.01. The van der Waals surface area contributed by atoms with E-state index in [1.165, 1.54) is 0 Å². The molecule has 0 radical (unpaired) electrons. The Morgan fingerprint density at radius 2 is 2.17 bits per heavy atom. The monoisotopic (exact) mass is 395 g/mol. The van der Waals surface area contributed by atoms with Crippen LogP contribution in [0.4, 0.5) is 17.3 Å². The molecule has 150 valence electrons. The summed E-state index contributed by atoms with van der Waals surface area (Å²) in [5, 5.41) is 13.7. The summed E-state index contributed by atoms with van der Waals surface area (Å²) in [5.41, 5.74) is 1.56. The molecule has 29 heavy (non-hydrogen) atoms. The van der Waals surface area contributed by atoms with Crippen molar-refractivity contribution in [2.75, 3.05) is 38.0 Å². The lowest BCUT2D eigenvalue weighted by Crippen LogP contribution is -2.29. The smallest absolute Gasteiger partial charge is 0.257 e. The first-order valence-electron chi connectivity index (χ1n) is 9.40. The van der Waals surface area contributed by atoms with Crippen LogP contribution in [0.1, 0.15) is 10.4 Å². The summed E-state index contributed by atoms with van der Waals surface area (Å²) in [7, 11) is 3.34. The average molecular weight is 395 g/mol. The van der Waals surface area contributed by atoms with Crippen LogP contribution in [0.2, 0.25) is 0 Å². The van der Waals surface area contributed by atoms with Crippen molar-refractivity contribution in [1.29, 1.82) is 0 Å². The maximum atomic E-state index is 12.9. The molecule has 10 nitrogen and oxygen atoms in total. The molecule has 10 heteroatoms. The van der Waals surface area contributed by atoms with Crippen molar-refractivity contribution < 1.29 is 14.3 Å². The summed E-state index contributed by atoms with van der Waals surface area (Å²) in [6.07, 6.45) is 3.19. The molecule has 0 aromatic carbocycles. The van der Waals surface area contributed by atoms with Gasteiger partial charge in [-0.3, -0.25) is 4.79 Å². The zero-order valence-corrected chi connectivity index (χ0v) is 16.0. The molecule has 3 aromatic rings. The van der Waals surface area contributed by atoms with Crippen molar-refractivity contribution in [2.45, 2.75) is 6.04 Å². The van der Waals surface area contributed by atoms with E-state index in [0.29, 0.717) is 59.5 Å². The molecular formula is C19H21N7O3. The van der Waals surface area contributed by atoms with Gasteiger partial charge in [0.1, 0.15) is 22.9 Å². The Morgan fingerprint density at radius 1 is 1.34 bits per heavy atom. The van der Waals surface area contributed by atoms with Gasteiger partial charge in [-0.2, -0.15) is 9.61 Å². The Morgan fingerprint density at radius 3 is 2.93 bits per heavy atom. The number of carbonyl (C=O) groups excluding carboxylic acids is 1. The van der Waals surface area contributed by atoms with E-state index in [0.717, 1.165) is 0 Å². The summed E-state index contributed by atoms with van der Waals surface area (Å²) >= 11 is 0. The second kappa shape index (κ2) is 6.89. The van der Waals surface area contributed by atoms with Crippen LogP contribution in [0.5, 0.6) is 5.88 Å². The SMILES string of the molecule is CNc1cc(Nc2cccnc2OC)nc2c(C(=O)N[C@@H]3[C@@H]4COC[C@@H]43)cnn12. The molecule has 4 heterocycles. The minimum atomic E-state index is -0.176. The van der Waals surface area contributed by atoms with Crippen molar-refractivity contribution in [3.05, 3.63) is 36.2 Å². The van der Waals surface area contributed by atoms with Crippen molar-refractivity contribution in [2.24, 2.45) is 11.8 Å². The Labute approximate surface area is 166 Å². The normalized spacial score (nSPS) is 22.2. The fraction of sp³-hybridized carbons (Fsp3) is 0.368. The zero-order chi connectivity index (χ0) is 20.0. The Kier molecular flexibility index (Phi) is 4.20. The van der Waals surface area contributed by atoms with E-state index >= 15 is 0 Å². The number of fused-ring (bicyclic) bond motifs is 2. The van der Waals surface area contributed by atoms with Crippen LogP contribution in [0.3, 0.4) is 0 Å². The molecule has 0 bridgehead atoms. The molecule has 3 N–H and O–H groups in total. The van der Waals surface area contributed by atoms with E-state index < -0.39 is 0 Å². The van der Waals surface area contributed by atoms with Crippen LogP contribution >= 0.6 is 0 Å². The lowest BCUT2D eigenvalue weighted by Gasteiger charge is -2.12. The van der Waals surface area contributed by atoms with Crippen LogP contribution in [-0.2, 0) is 4.74 Å². The van der Waals surface area contributed by atoms with Crippen LogP contribution in [0.25, 0.3) is 5.65 Å². The first-order chi connectivity index (χ1) is 14.2. The number of hydrogen-bond acceptors (Lipinski definition) is 8. The number of carbonyl (C=O) groups is 1. The zero-order valence-electron chi connectivity index (χ0n) is 16.0. The number of ether oxygens (including phenoxy) is 2. The van der Waals surface area contributed by atoms with Gasteiger partial charge in [-0.25, -0.2) is 9.97 Å². The third-order valence-corrected chi connectivity index (χ3v) is 5.45. The van der Waals surface area contributed by atoms with E-state index in [-0.39, 0.29) is 11.9 Å². The van der Waals surface area contributed by atoms with Crippen LogP contribution in [0, 0.1) is 11.8 Å². The van der Waals surface area contributed by atoms with Crippen LogP contribution in [-0.4, -0.2) is 58.9 Å². The predicted molar refractivity (Wildman–Crippen MR) is 106 cm³/mol. The van der Waals surface area contributed by atoms with E-state index in [2.05, 4.69) is 31.0 Å². The summed E-state index contributed by atoms with van der Waals surface area (Å²) in [6.45, 7) is 1.43. The molecule has 1 saturated heterocycles. The van der Waals surface area contributed by atoms with Gasteiger partial charge in [-0.15, -0.1) is 0 Å². The van der Waals surface area contributed by atoms with Gasteiger partial charge in [0, 0.05) is 37.2 Å². The molecule has 2 aliphatic rings. The maximum absolute atomic E-state index is 12.9. The predicted octanol–water partition coefficient (Wildman–Crippen LogP) is 1.29. The standard InChI is InChI=1S/C19H21N7O3/c1-20-15-6-14(23-13-4-3-5-21-19(13)28-2)24-17-10(7-22-26(15)17)18(27)25-16-11-8-29-9-12(11)16/h3-7,11-12,16,20H,8-9H2,1-2H3,(H,23,24)(H,25,27)/t11-,12+,16-. The number of hydrogen-bond donors (Lipinski definition) is 3. The quantitative estimate of drug-likeness (QED) is 0.572. The lowest BCUT2D eigenvalue weighted by atomic mass is 10.3. The van der Waals surface area contributed by atoms with Crippen LogP contribution in [0.15, 0.2) is 30.6 Å². The molecule has 1 aliphatic heterocycles. The van der Waals surface area contributed by atoms with Gasteiger partial charge in [0.2, 0.25) is 5.88 Å². The lowest BCUT2D eigenvalue weighted by molar-refractivity contribution is 0.0930. The minimum absolute atomic E-state index is 0.176. The minimum Gasteiger partial charge on any atom is -0.480 e. The van der Waals surface area contributed by atoms with Crippen molar-refractivity contribution in [3.63, 3.8) is 0 Å². The van der Waals surface area contributed by atoms with Crippen molar-refractivity contribution in [3.8, 4) is 5.88 Å². The van der Waals surface area contributed by atoms with Gasteiger partial charge < -0.3 is 25.4 Å². The Hall–Kier alpha value is -3.40. The van der Waals surface area contributed by atoms with E-state index in [9.17, 15) is 4.79 Å². The summed E-state index contributed by atoms with van der Waals surface area (Å²) in [5.74, 6) is 2.36. The molecule has 0 spiro atoms. The van der Waals surface area contributed by atoms with Gasteiger partial charge in [0.15, 0.2) is 5.65 Å². The second-order valence-electron chi connectivity index (χ2n) is 7.12. The Bertz CT molecular complexity index is 1070. The summed E-state index contributed by atoms with van der Waals surface area (Å²) < 4.78 is 12.3. The molecule has 1 amide bonds. The number of pyridine rings is 1. The highest BCUT2D eigenvalue weighted by molar-refractivity contribution is 6.00. The first-order valence-corrected chi connectivity index (χ1v) is 9.40. The van der Waals surface area contributed by atoms with E-state index in [4.69, 9.17) is 9.47 Å². The highest BCUT2D eigenvalue weighted by Gasteiger charge is 2.54. The maximum Gasteiger partial charge on any atom is 0.257 e. The molecule has 1 saturated carbocycles. The van der Waals surface area contributed by atoms with Crippen LogP contribution < -0.4 is 20.7 Å². The van der Waals surface area contributed by atoms with Gasteiger partial charge in [0.05, 0.1) is 26.5 Å². The third-order valence-electron chi connectivity index (χ3n) is 5.45. The molecule has 1 aliphatic carbocycles. The summed E-state index contributed by atoms with van der Waals surface area (Å²) in [4.78, 5) is 21.7. The second-order valence-corrected chi connectivity index (χ2v) is 7.12. The first kappa shape index (κ1) is 17.7. The number of methoxy groups -OCH3 is 1. The topological polar surface area (TPSA) is 115 Å². The average Bonchev–Trinajstić information content (AvgIpc) is 3.10. The van der Waals surface area contributed by atoms with Crippen molar-refractivity contribution >= 4 is 28.9 Å². The van der Waals surface area contributed by atoms with E-state index in [1.807, 2.05) is 6.07 Å². The largest absolute Gasteiger partial charge is 0.480 e. The van der Waals surface area contributed by atoms with Gasteiger partial charge in [-0.05, 0) is 12.1 Å². The number of rotatable bonds is 6. The summed E-state index contributed by atoms with van der Waals surface area (Å²) in [6, 6.07) is 5.62. The van der Waals surface area contributed by atoms with Gasteiger partial charge >= 0.3 is 0 Å². The molecular weight excluding hydrogens is 374 g/mol. The highest BCUT2D eigenvalue weighted by Crippen LogP contribution is 2.44. The van der Waals surface area contributed by atoms with Gasteiger partial charge in [-0.1, -0.05) is 0 Å². The molecule has 3 aromatic heterocycles. The number of nitrogens with one attached hydrogen (secondary N) is 3. The molecule has 0 unspecified atom stereocenters. The van der Waals surface area contributed by atoms with Gasteiger partial charge in [0.25, 0.3) is 5.91 Å². The van der Waals surface area contributed by atoms with E-state index in [1.54, 1.807) is 43.2 Å². The van der Waals surface area contributed by atoms with Crippen molar-refractivity contribution in [1.82, 2.24) is 24.9 Å². The fourth-order valence-corrected chi connectivity index (χ4v) is 3.83. The highest BCUT2D eigenvalue weighted by atomic mass is 16.5. The molecule has 5 rings (SSSR count). The Balaban J connectivity index is 1.46. The molecule has 3 atom stereocenters.